The van der Waals surface area contributed by atoms with E-state index in [1.807, 2.05) is 30.3 Å². The molecule has 5 atom stereocenters. The monoisotopic (exact) mass is 402 g/mol. The Hall–Kier alpha value is -2.83. The zero-order valence-corrected chi connectivity index (χ0v) is 15.3. The van der Waals surface area contributed by atoms with Crippen LogP contribution in [0, 0.1) is 0 Å². The third-order valence-corrected chi connectivity index (χ3v) is 4.96. The molecule has 3 aromatic rings. The number of imidazole rings is 1. The molecular formula is C18H22N6O5. The van der Waals surface area contributed by atoms with E-state index in [0.29, 0.717) is 0 Å². The average Bonchev–Trinajstić information content (AvgIpc) is 3.25. The highest BCUT2D eigenvalue weighted by atomic mass is 16.6. The van der Waals surface area contributed by atoms with E-state index in [9.17, 15) is 20.4 Å². The Morgan fingerprint density at radius 1 is 1.14 bits per heavy atom. The number of benzene rings is 1. The number of aromatic nitrogens is 4. The minimum absolute atomic E-state index is 0.129. The second kappa shape index (κ2) is 7.89. The van der Waals surface area contributed by atoms with E-state index in [2.05, 4.69) is 20.3 Å². The van der Waals surface area contributed by atoms with Crippen molar-refractivity contribution in [3.8, 4) is 0 Å². The lowest BCUT2D eigenvalue weighted by molar-refractivity contribution is -0.0502. The first-order valence-corrected chi connectivity index (χ1v) is 9.08. The van der Waals surface area contributed by atoms with Crippen molar-refractivity contribution in [3.63, 3.8) is 0 Å². The first-order chi connectivity index (χ1) is 14.0. The summed E-state index contributed by atoms with van der Waals surface area (Å²) < 4.78 is 7.11. The summed E-state index contributed by atoms with van der Waals surface area (Å²) in [6, 6.07) is 8.74. The van der Waals surface area contributed by atoms with Crippen LogP contribution in [0.5, 0.6) is 0 Å². The lowest BCUT2D eigenvalue weighted by atomic mass is 10.1. The standard InChI is InChI=1S/C18H22N6O5/c19-15-12-16(21-8-20-15)24(17-14(28)13(27)11(7-26)29-17)18(23-12)22-10(6-25)9-4-2-1-3-5-9/h1-5,8,10-11,13-14,17,25-28H,6-7H2,(H,22,23)(H2,19,20,21)/t10?,11-,13-,14-,17-/m1/s1. The fraction of sp³-hybridized carbons (Fsp3) is 0.389. The summed E-state index contributed by atoms with van der Waals surface area (Å²) in [5.74, 6) is 0.341. The smallest absolute Gasteiger partial charge is 0.208 e. The van der Waals surface area contributed by atoms with Gasteiger partial charge in [-0.25, -0.2) is 15.0 Å². The molecular weight excluding hydrogens is 380 g/mol. The zero-order valence-electron chi connectivity index (χ0n) is 15.3. The lowest BCUT2D eigenvalue weighted by Crippen LogP contribution is -2.33. The molecule has 0 saturated carbocycles. The van der Waals surface area contributed by atoms with Crippen molar-refractivity contribution in [2.24, 2.45) is 0 Å². The lowest BCUT2D eigenvalue weighted by Gasteiger charge is -2.22. The van der Waals surface area contributed by atoms with Gasteiger partial charge in [0.25, 0.3) is 0 Å². The maximum absolute atomic E-state index is 10.5. The first-order valence-electron chi connectivity index (χ1n) is 9.08. The third-order valence-electron chi connectivity index (χ3n) is 4.96. The van der Waals surface area contributed by atoms with Crippen LogP contribution < -0.4 is 11.1 Å². The molecule has 0 aliphatic carbocycles. The van der Waals surface area contributed by atoms with Gasteiger partial charge in [0, 0.05) is 0 Å². The summed E-state index contributed by atoms with van der Waals surface area (Å²) in [5, 5.41) is 43.1. The van der Waals surface area contributed by atoms with E-state index in [4.69, 9.17) is 10.5 Å². The molecule has 1 aromatic carbocycles. The van der Waals surface area contributed by atoms with Crippen LogP contribution in [0.1, 0.15) is 17.8 Å². The van der Waals surface area contributed by atoms with Crippen molar-refractivity contribution in [1.82, 2.24) is 19.5 Å². The SMILES string of the molecule is Nc1ncnc2c1nc(NC(CO)c1ccccc1)n2[C@@H]1O[C@H](CO)[C@@H](O)[C@H]1O. The van der Waals surface area contributed by atoms with Gasteiger partial charge >= 0.3 is 0 Å². The molecule has 2 aromatic heterocycles. The van der Waals surface area contributed by atoms with Gasteiger partial charge in [0.1, 0.15) is 24.6 Å². The molecule has 0 amide bonds. The molecule has 1 aliphatic heterocycles. The highest BCUT2D eigenvalue weighted by Gasteiger charge is 2.45. The molecule has 154 valence electrons. The summed E-state index contributed by atoms with van der Waals surface area (Å²) in [7, 11) is 0. The molecule has 1 fully saturated rings. The zero-order chi connectivity index (χ0) is 20.5. The quantitative estimate of drug-likeness (QED) is 0.305. The third kappa shape index (κ3) is 3.39. The minimum Gasteiger partial charge on any atom is -0.394 e. The molecule has 0 bridgehead atoms. The van der Waals surface area contributed by atoms with Crippen LogP contribution in [0.4, 0.5) is 11.8 Å². The topological polar surface area (TPSA) is 172 Å². The number of fused-ring (bicyclic) bond motifs is 1. The van der Waals surface area contributed by atoms with Gasteiger partial charge < -0.3 is 36.2 Å². The summed E-state index contributed by atoms with van der Waals surface area (Å²) in [4.78, 5) is 12.6. The van der Waals surface area contributed by atoms with Crippen molar-refractivity contribution in [2.75, 3.05) is 24.3 Å². The average molecular weight is 402 g/mol. The van der Waals surface area contributed by atoms with Crippen molar-refractivity contribution < 1.29 is 25.2 Å². The number of nitrogens with zero attached hydrogens (tertiary/aromatic N) is 4. The highest BCUT2D eigenvalue weighted by Crippen LogP contribution is 2.36. The van der Waals surface area contributed by atoms with Gasteiger partial charge in [0.15, 0.2) is 23.2 Å². The van der Waals surface area contributed by atoms with Gasteiger partial charge in [-0.05, 0) is 5.56 Å². The summed E-state index contributed by atoms with van der Waals surface area (Å²) in [6.45, 7) is -0.700. The van der Waals surface area contributed by atoms with Crippen molar-refractivity contribution >= 4 is 22.9 Å². The van der Waals surface area contributed by atoms with Gasteiger partial charge in [0.05, 0.1) is 19.3 Å². The van der Waals surface area contributed by atoms with E-state index >= 15 is 0 Å². The van der Waals surface area contributed by atoms with E-state index in [0.717, 1.165) is 5.56 Å². The Morgan fingerprint density at radius 2 is 1.90 bits per heavy atom. The normalized spacial score (nSPS) is 25.4. The van der Waals surface area contributed by atoms with Crippen LogP contribution in [0.15, 0.2) is 36.7 Å². The van der Waals surface area contributed by atoms with Gasteiger partial charge in [0.2, 0.25) is 5.95 Å². The molecule has 1 aliphatic rings. The maximum atomic E-state index is 10.5. The molecule has 11 nitrogen and oxygen atoms in total. The van der Waals surface area contributed by atoms with Crippen LogP contribution >= 0.6 is 0 Å². The maximum Gasteiger partial charge on any atom is 0.208 e. The van der Waals surface area contributed by atoms with Crippen LogP contribution in [-0.4, -0.2) is 71.5 Å². The molecule has 1 unspecified atom stereocenters. The summed E-state index contributed by atoms with van der Waals surface area (Å²) in [5.41, 5.74) is 7.30. The number of rotatable bonds is 6. The van der Waals surface area contributed by atoms with Crippen LogP contribution in [0.25, 0.3) is 11.2 Å². The number of hydrogen-bond donors (Lipinski definition) is 6. The predicted molar refractivity (Wildman–Crippen MR) is 103 cm³/mol. The molecule has 11 heteroatoms. The first kappa shape index (κ1) is 19.5. The van der Waals surface area contributed by atoms with Gasteiger partial charge in [-0.2, -0.15) is 0 Å². The van der Waals surface area contributed by atoms with E-state index < -0.39 is 37.2 Å². The highest BCUT2D eigenvalue weighted by molar-refractivity contribution is 5.84. The van der Waals surface area contributed by atoms with Crippen molar-refractivity contribution in [1.29, 1.82) is 0 Å². The Balaban J connectivity index is 1.80. The van der Waals surface area contributed by atoms with Gasteiger partial charge in [-0.1, -0.05) is 30.3 Å². The number of nitrogen functional groups attached to an aromatic ring is 1. The Bertz CT molecular complexity index is 984. The largest absolute Gasteiger partial charge is 0.394 e. The Kier molecular flexibility index (Phi) is 5.30. The number of nitrogens with one attached hydrogen (secondary N) is 1. The van der Waals surface area contributed by atoms with Gasteiger partial charge in [-0.15, -0.1) is 0 Å². The van der Waals surface area contributed by atoms with Crippen LogP contribution in [0.2, 0.25) is 0 Å². The number of hydrogen-bond acceptors (Lipinski definition) is 10. The minimum atomic E-state index is -1.34. The summed E-state index contributed by atoms with van der Waals surface area (Å²) in [6.07, 6.45) is -3.44. The van der Waals surface area contributed by atoms with Crippen molar-refractivity contribution in [3.05, 3.63) is 42.2 Å². The number of aliphatic hydroxyl groups excluding tert-OH is 4. The molecule has 0 spiro atoms. The molecule has 4 rings (SSSR count). The van der Waals surface area contributed by atoms with Crippen LogP contribution in [0.3, 0.4) is 0 Å². The molecule has 29 heavy (non-hydrogen) atoms. The number of nitrogens with two attached hydrogens (primary N) is 1. The van der Waals surface area contributed by atoms with Crippen molar-refractivity contribution in [2.45, 2.75) is 30.6 Å². The van der Waals surface area contributed by atoms with Crippen LogP contribution in [-0.2, 0) is 4.74 Å². The van der Waals surface area contributed by atoms with E-state index in [1.165, 1.54) is 10.9 Å². The second-order valence-electron chi connectivity index (χ2n) is 6.76. The fourth-order valence-electron chi connectivity index (χ4n) is 3.44. The molecule has 1 saturated heterocycles. The molecule has 0 radical (unpaired) electrons. The van der Waals surface area contributed by atoms with E-state index in [-0.39, 0.29) is 29.5 Å². The number of ether oxygens (including phenoxy) is 1. The second-order valence-corrected chi connectivity index (χ2v) is 6.76. The fourth-order valence-corrected chi connectivity index (χ4v) is 3.44. The summed E-state index contributed by atoms with van der Waals surface area (Å²) >= 11 is 0. The Labute approximate surface area is 165 Å². The number of anilines is 2. The molecule has 3 heterocycles. The number of aliphatic hydroxyl groups is 4. The molecule has 7 N–H and O–H groups in total. The predicted octanol–water partition coefficient (Wildman–Crippen LogP) is -0.835. The Morgan fingerprint density at radius 3 is 2.55 bits per heavy atom. The van der Waals surface area contributed by atoms with E-state index in [1.54, 1.807) is 0 Å². The van der Waals surface area contributed by atoms with Gasteiger partial charge in [-0.3, -0.25) is 4.57 Å².